The first-order valence-corrected chi connectivity index (χ1v) is 4.72. The van der Waals surface area contributed by atoms with Gasteiger partial charge >= 0.3 is 0 Å². The van der Waals surface area contributed by atoms with Gasteiger partial charge in [0.2, 0.25) is 0 Å². The number of nitrogens with two attached hydrogens (primary N) is 1. The SMILES string of the molecule is Cc1cc(F)cc(CC(C)CN)c1O. The zero-order chi connectivity index (χ0) is 10.7. The number of benzene rings is 1. The van der Waals surface area contributed by atoms with Gasteiger partial charge in [-0.05, 0) is 49.1 Å². The van der Waals surface area contributed by atoms with Gasteiger partial charge in [0.05, 0.1) is 0 Å². The van der Waals surface area contributed by atoms with Crippen LogP contribution in [-0.4, -0.2) is 11.7 Å². The van der Waals surface area contributed by atoms with Crippen LogP contribution in [0, 0.1) is 18.7 Å². The van der Waals surface area contributed by atoms with E-state index in [1.807, 2.05) is 6.92 Å². The molecular formula is C11H16FNO. The molecule has 0 fully saturated rings. The van der Waals surface area contributed by atoms with Gasteiger partial charge in [0, 0.05) is 0 Å². The highest BCUT2D eigenvalue weighted by Crippen LogP contribution is 2.25. The van der Waals surface area contributed by atoms with Crippen molar-refractivity contribution in [3.8, 4) is 5.75 Å². The normalized spacial score (nSPS) is 12.9. The van der Waals surface area contributed by atoms with Crippen LogP contribution < -0.4 is 5.73 Å². The number of halogens is 1. The van der Waals surface area contributed by atoms with E-state index in [1.165, 1.54) is 12.1 Å². The van der Waals surface area contributed by atoms with Crippen LogP contribution >= 0.6 is 0 Å². The van der Waals surface area contributed by atoms with E-state index in [4.69, 9.17) is 5.73 Å². The lowest BCUT2D eigenvalue weighted by Gasteiger charge is -2.11. The van der Waals surface area contributed by atoms with Gasteiger partial charge in [-0.1, -0.05) is 6.92 Å². The Morgan fingerprint density at radius 3 is 2.71 bits per heavy atom. The minimum atomic E-state index is -0.306. The average Bonchev–Trinajstić information content (AvgIpc) is 2.13. The van der Waals surface area contributed by atoms with Crippen molar-refractivity contribution in [1.29, 1.82) is 0 Å². The van der Waals surface area contributed by atoms with E-state index < -0.39 is 0 Å². The zero-order valence-corrected chi connectivity index (χ0v) is 8.55. The molecule has 1 aromatic carbocycles. The van der Waals surface area contributed by atoms with Crippen LogP contribution in [-0.2, 0) is 6.42 Å². The van der Waals surface area contributed by atoms with Crippen LogP contribution in [0.4, 0.5) is 4.39 Å². The van der Waals surface area contributed by atoms with Crippen LogP contribution in [0.2, 0.25) is 0 Å². The first kappa shape index (κ1) is 11.0. The maximum atomic E-state index is 13.0. The van der Waals surface area contributed by atoms with Gasteiger partial charge in [-0.3, -0.25) is 0 Å². The molecule has 0 spiro atoms. The Hall–Kier alpha value is -1.09. The topological polar surface area (TPSA) is 46.2 Å². The number of phenolic OH excluding ortho intramolecular Hbond substituents is 1. The molecule has 0 aromatic heterocycles. The molecule has 0 radical (unpaired) electrons. The van der Waals surface area contributed by atoms with E-state index in [-0.39, 0.29) is 17.5 Å². The third-order valence-electron chi connectivity index (χ3n) is 2.31. The summed E-state index contributed by atoms with van der Waals surface area (Å²) >= 11 is 0. The average molecular weight is 197 g/mol. The summed E-state index contributed by atoms with van der Waals surface area (Å²) in [5, 5.41) is 9.66. The molecule has 0 aliphatic rings. The summed E-state index contributed by atoms with van der Waals surface area (Å²) in [6, 6.07) is 2.69. The fourth-order valence-electron chi connectivity index (χ4n) is 1.42. The van der Waals surface area contributed by atoms with E-state index in [2.05, 4.69) is 0 Å². The van der Waals surface area contributed by atoms with Gasteiger partial charge in [-0.2, -0.15) is 0 Å². The number of hydrogen-bond donors (Lipinski definition) is 2. The molecule has 0 heterocycles. The molecule has 0 saturated heterocycles. The molecular weight excluding hydrogens is 181 g/mol. The molecule has 1 unspecified atom stereocenters. The lowest BCUT2D eigenvalue weighted by atomic mass is 9.98. The molecule has 2 nitrogen and oxygen atoms in total. The molecule has 0 aliphatic carbocycles. The summed E-state index contributed by atoms with van der Waals surface area (Å²) in [6.07, 6.45) is 0.612. The predicted molar refractivity (Wildman–Crippen MR) is 54.7 cm³/mol. The molecule has 3 N–H and O–H groups in total. The van der Waals surface area contributed by atoms with Crippen molar-refractivity contribution in [3.05, 3.63) is 29.1 Å². The molecule has 0 amide bonds. The highest BCUT2D eigenvalue weighted by atomic mass is 19.1. The molecule has 0 aliphatic heterocycles. The Labute approximate surface area is 83.6 Å². The van der Waals surface area contributed by atoms with Gasteiger partial charge in [0.15, 0.2) is 0 Å². The second kappa shape index (κ2) is 4.42. The quantitative estimate of drug-likeness (QED) is 0.778. The zero-order valence-electron chi connectivity index (χ0n) is 8.55. The molecule has 1 aromatic rings. The fraction of sp³-hybridized carbons (Fsp3) is 0.455. The Morgan fingerprint density at radius 2 is 2.14 bits per heavy atom. The van der Waals surface area contributed by atoms with E-state index in [1.54, 1.807) is 6.92 Å². The van der Waals surface area contributed by atoms with E-state index >= 15 is 0 Å². The standard InChI is InChI=1S/C11H16FNO/c1-7(6-13)3-9-5-10(12)4-8(2)11(9)14/h4-5,7,14H,3,6,13H2,1-2H3. The summed E-state index contributed by atoms with van der Waals surface area (Å²) in [5.74, 6) is 0.133. The maximum absolute atomic E-state index is 13.0. The summed E-state index contributed by atoms with van der Waals surface area (Å²) < 4.78 is 13.0. The van der Waals surface area contributed by atoms with Crippen molar-refractivity contribution in [2.24, 2.45) is 11.7 Å². The minimum absolute atomic E-state index is 0.187. The third-order valence-corrected chi connectivity index (χ3v) is 2.31. The van der Waals surface area contributed by atoms with Crippen molar-refractivity contribution in [3.63, 3.8) is 0 Å². The Kier molecular flexibility index (Phi) is 3.47. The van der Waals surface area contributed by atoms with Crippen molar-refractivity contribution >= 4 is 0 Å². The van der Waals surface area contributed by atoms with Crippen molar-refractivity contribution in [2.45, 2.75) is 20.3 Å². The number of rotatable bonds is 3. The van der Waals surface area contributed by atoms with Crippen LogP contribution in [0.1, 0.15) is 18.1 Å². The molecule has 1 atom stereocenters. The fourth-order valence-corrected chi connectivity index (χ4v) is 1.42. The lowest BCUT2D eigenvalue weighted by molar-refractivity contribution is 0.453. The van der Waals surface area contributed by atoms with Crippen LogP contribution in [0.3, 0.4) is 0 Å². The van der Waals surface area contributed by atoms with E-state index in [9.17, 15) is 9.50 Å². The van der Waals surface area contributed by atoms with Gasteiger partial charge < -0.3 is 10.8 Å². The molecule has 78 valence electrons. The van der Waals surface area contributed by atoms with Gasteiger partial charge in [-0.25, -0.2) is 4.39 Å². The molecule has 3 heteroatoms. The smallest absolute Gasteiger partial charge is 0.124 e. The van der Waals surface area contributed by atoms with Gasteiger partial charge in [0.1, 0.15) is 11.6 Å². The summed E-state index contributed by atoms with van der Waals surface area (Å²) in [5.41, 5.74) is 6.68. The predicted octanol–water partition coefficient (Wildman–Crippen LogP) is 1.98. The monoisotopic (exact) mass is 197 g/mol. The van der Waals surface area contributed by atoms with Crippen LogP contribution in [0.25, 0.3) is 0 Å². The van der Waals surface area contributed by atoms with Crippen molar-refractivity contribution < 1.29 is 9.50 Å². The molecule has 14 heavy (non-hydrogen) atoms. The van der Waals surface area contributed by atoms with E-state index in [0.717, 1.165) is 0 Å². The number of phenols is 1. The van der Waals surface area contributed by atoms with Crippen LogP contribution in [0.15, 0.2) is 12.1 Å². The first-order valence-electron chi connectivity index (χ1n) is 4.72. The van der Waals surface area contributed by atoms with Crippen LogP contribution in [0.5, 0.6) is 5.75 Å². The Bertz CT molecular complexity index is 325. The highest BCUT2D eigenvalue weighted by molar-refractivity contribution is 5.40. The molecule has 0 saturated carbocycles. The molecule has 1 rings (SSSR count). The summed E-state index contributed by atoms with van der Waals surface area (Å²) in [7, 11) is 0. The number of aryl methyl sites for hydroxylation is 1. The third kappa shape index (κ3) is 2.45. The van der Waals surface area contributed by atoms with Crippen molar-refractivity contribution in [2.75, 3.05) is 6.54 Å². The Morgan fingerprint density at radius 1 is 1.50 bits per heavy atom. The first-order chi connectivity index (χ1) is 6.54. The second-order valence-corrected chi connectivity index (χ2v) is 3.78. The number of aromatic hydroxyl groups is 1. The lowest BCUT2D eigenvalue weighted by Crippen LogP contribution is -2.13. The summed E-state index contributed by atoms with van der Waals surface area (Å²) in [4.78, 5) is 0. The van der Waals surface area contributed by atoms with Gasteiger partial charge in [-0.15, -0.1) is 0 Å². The van der Waals surface area contributed by atoms with Gasteiger partial charge in [0.25, 0.3) is 0 Å². The second-order valence-electron chi connectivity index (χ2n) is 3.78. The van der Waals surface area contributed by atoms with E-state index in [0.29, 0.717) is 24.1 Å². The van der Waals surface area contributed by atoms with Crippen molar-refractivity contribution in [1.82, 2.24) is 0 Å². The Balaban J connectivity index is 2.96. The minimum Gasteiger partial charge on any atom is -0.507 e. The highest BCUT2D eigenvalue weighted by Gasteiger charge is 2.09. The number of hydrogen-bond acceptors (Lipinski definition) is 2. The largest absolute Gasteiger partial charge is 0.507 e. The maximum Gasteiger partial charge on any atom is 0.124 e. The molecule has 0 bridgehead atoms. The summed E-state index contributed by atoms with van der Waals surface area (Å²) in [6.45, 7) is 4.20.